The zero-order valence-corrected chi connectivity index (χ0v) is 10.2. The van der Waals surface area contributed by atoms with Crippen LogP contribution in [0, 0.1) is 0 Å². The molecule has 0 aliphatic heterocycles. The molecule has 0 heterocycles. The lowest BCUT2D eigenvalue weighted by Crippen LogP contribution is -2.03. The van der Waals surface area contributed by atoms with Gasteiger partial charge in [-0.15, -0.1) is 0 Å². The van der Waals surface area contributed by atoms with Crippen LogP contribution in [0.25, 0.3) is 5.57 Å². The van der Waals surface area contributed by atoms with Gasteiger partial charge in [0.25, 0.3) is 9.05 Å². The van der Waals surface area contributed by atoms with E-state index in [2.05, 4.69) is 33.6 Å². The van der Waals surface area contributed by atoms with Crippen LogP contribution in [0.15, 0.2) is 30.3 Å². The maximum Gasteiger partial charge on any atom is 0.266 e. The van der Waals surface area contributed by atoms with Crippen molar-refractivity contribution in [3.63, 3.8) is 0 Å². The number of allylic oxidation sites excluding steroid dienone is 1. The minimum absolute atomic E-state index is 0.180. The van der Waals surface area contributed by atoms with Gasteiger partial charge in [0.15, 0.2) is 0 Å². The van der Waals surface area contributed by atoms with Crippen LogP contribution in [0.4, 0.5) is 0 Å². The van der Waals surface area contributed by atoms with Crippen molar-refractivity contribution in [1.82, 2.24) is 0 Å². The Hall–Kier alpha value is -0.750. The Kier molecular flexibility index (Phi) is 3.39. The lowest BCUT2D eigenvalue weighted by molar-refractivity contribution is 0.312. The minimum Gasteiger partial charge on any atom is -0.285 e. The standard InChI is InChI=1S/C11H12O3S2/c12-16(13,15)14-8-7-10-6-5-9-3-1-2-4-11(9)10/h1-4,6H,5,7-8H2,(H,12,13,15). The summed E-state index contributed by atoms with van der Waals surface area (Å²) in [6, 6.07) is 8.14. The lowest BCUT2D eigenvalue weighted by Gasteiger charge is -2.05. The molecule has 0 saturated heterocycles. The lowest BCUT2D eigenvalue weighted by atomic mass is 10.0. The zero-order valence-electron chi connectivity index (χ0n) is 8.59. The Morgan fingerprint density at radius 3 is 2.94 bits per heavy atom. The van der Waals surface area contributed by atoms with Crippen LogP contribution in [0.1, 0.15) is 17.5 Å². The summed E-state index contributed by atoms with van der Waals surface area (Å²) in [6.07, 6.45) is 3.66. The molecule has 1 aliphatic carbocycles. The molecule has 1 N–H and O–H groups in total. The summed E-state index contributed by atoms with van der Waals surface area (Å²) in [4.78, 5) is 0. The Labute approximate surface area is 99.8 Å². The van der Waals surface area contributed by atoms with Gasteiger partial charge in [0.05, 0.1) is 6.61 Å². The summed E-state index contributed by atoms with van der Waals surface area (Å²) in [6.45, 7) is 0.180. The van der Waals surface area contributed by atoms with Crippen molar-refractivity contribution in [2.75, 3.05) is 6.61 Å². The molecule has 3 nitrogen and oxygen atoms in total. The van der Waals surface area contributed by atoms with E-state index >= 15 is 0 Å². The van der Waals surface area contributed by atoms with Crippen LogP contribution in [0.5, 0.6) is 0 Å². The van der Waals surface area contributed by atoms with Crippen LogP contribution < -0.4 is 0 Å². The molecular formula is C11H12O3S2. The molecular weight excluding hydrogens is 244 g/mol. The summed E-state index contributed by atoms with van der Waals surface area (Å²) < 4.78 is 24.2. The molecule has 5 heteroatoms. The first kappa shape index (κ1) is 11.7. The first-order valence-corrected chi connectivity index (χ1v) is 7.32. The van der Waals surface area contributed by atoms with Crippen molar-refractivity contribution < 1.29 is 12.9 Å². The van der Waals surface area contributed by atoms with E-state index in [9.17, 15) is 4.21 Å². The minimum atomic E-state index is -3.49. The highest BCUT2D eigenvalue weighted by molar-refractivity contribution is 8.27. The number of rotatable bonds is 4. The van der Waals surface area contributed by atoms with E-state index in [0.717, 1.165) is 12.0 Å². The fourth-order valence-corrected chi connectivity index (χ4v) is 2.35. The van der Waals surface area contributed by atoms with Gasteiger partial charge in [0, 0.05) is 11.2 Å². The maximum atomic E-state index is 10.7. The Morgan fingerprint density at radius 2 is 2.19 bits per heavy atom. The second-order valence-corrected chi connectivity index (χ2v) is 5.95. The Morgan fingerprint density at radius 1 is 1.44 bits per heavy atom. The number of hydrogen-bond acceptors (Lipinski definition) is 3. The summed E-state index contributed by atoms with van der Waals surface area (Å²) in [7, 11) is -3.49. The van der Waals surface area contributed by atoms with Gasteiger partial charge in [-0.3, -0.25) is 8.74 Å². The van der Waals surface area contributed by atoms with Crippen LogP contribution >= 0.6 is 0 Å². The van der Waals surface area contributed by atoms with Gasteiger partial charge >= 0.3 is 0 Å². The highest BCUT2D eigenvalue weighted by Crippen LogP contribution is 2.29. The average Bonchev–Trinajstić information content (AvgIpc) is 2.60. The van der Waals surface area contributed by atoms with E-state index in [0.29, 0.717) is 6.42 Å². The van der Waals surface area contributed by atoms with E-state index in [1.807, 2.05) is 12.1 Å². The second kappa shape index (κ2) is 4.63. The van der Waals surface area contributed by atoms with Gasteiger partial charge in [-0.1, -0.05) is 30.3 Å². The summed E-state index contributed by atoms with van der Waals surface area (Å²) >= 11 is 4.24. The third-order valence-electron chi connectivity index (χ3n) is 2.54. The predicted molar refractivity (Wildman–Crippen MR) is 66.8 cm³/mol. The van der Waals surface area contributed by atoms with Crippen molar-refractivity contribution in [2.24, 2.45) is 0 Å². The quantitative estimate of drug-likeness (QED) is 0.897. The molecule has 16 heavy (non-hydrogen) atoms. The normalized spacial score (nSPS) is 17.7. The van der Waals surface area contributed by atoms with Crippen molar-refractivity contribution in [2.45, 2.75) is 12.8 Å². The average molecular weight is 256 g/mol. The molecule has 1 aromatic rings. The SMILES string of the molecule is O=S(O)(=S)OCCC1=CCc2ccccc21. The molecule has 1 aromatic carbocycles. The van der Waals surface area contributed by atoms with Gasteiger partial charge in [0.1, 0.15) is 0 Å². The van der Waals surface area contributed by atoms with Crippen molar-refractivity contribution in [1.29, 1.82) is 0 Å². The molecule has 0 amide bonds. The van der Waals surface area contributed by atoms with Crippen LogP contribution in [0.3, 0.4) is 0 Å². The van der Waals surface area contributed by atoms with Crippen LogP contribution in [-0.2, 0) is 30.8 Å². The van der Waals surface area contributed by atoms with E-state index in [-0.39, 0.29) is 6.61 Å². The number of fused-ring (bicyclic) bond motifs is 1. The third kappa shape index (κ3) is 2.89. The van der Waals surface area contributed by atoms with Gasteiger partial charge in [-0.05, 0) is 29.5 Å². The fraction of sp³-hybridized carbons (Fsp3) is 0.273. The van der Waals surface area contributed by atoms with Gasteiger partial charge < -0.3 is 0 Å². The van der Waals surface area contributed by atoms with Gasteiger partial charge in [0.2, 0.25) is 0 Å². The molecule has 0 radical (unpaired) electrons. The highest BCUT2D eigenvalue weighted by atomic mass is 32.9. The summed E-state index contributed by atoms with van der Waals surface area (Å²) in [5.41, 5.74) is 3.66. The molecule has 1 unspecified atom stereocenters. The van der Waals surface area contributed by atoms with Crippen molar-refractivity contribution in [3.05, 3.63) is 41.5 Å². The second-order valence-electron chi connectivity index (χ2n) is 3.59. The zero-order chi connectivity index (χ0) is 11.6. The molecule has 0 saturated carbocycles. The summed E-state index contributed by atoms with van der Waals surface area (Å²) in [5.74, 6) is 0. The van der Waals surface area contributed by atoms with Gasteiger partial charge in [-0.25, -0.2) is 0 Å². The van der Waals surface area contributed by atoms with E-state index in [4.69, 9.17) is 4.55 Å². The molecule has 0 bridgehead atoms. The largest absolute Gasteiger partial charge is 0.285 e. The van der Waals surface area contributed by atoms with Gasteiger partial charge in [-0.2, -0.15) is 4.21 Å². The highest BCUT2D eigenvalue weighted by Gasteiger charge is 2.13. The van der Waals surface area contributed by atoms with E-state index in [1.54, 1.807) is 0 Å². The molecule has 0 aromatic heterocycles. The predicted octanol–water partition coefficient (Wildman–Crippen LogP) is 2.17. The fourth-order valence-electron chi connectivity index (χ4n) is 1.85. The maximum absolute atomic E-state index is 10.7. The van der Waals surface area contributed by atoms with Crippen molar-refractivity contribution >= 4 is 25.8 Å². The molecule has 1 aliphatic rings. The first-order chi connectivity index (χ1) is 7.56. The topological polar surface area (TPSA) is 46.5 Å². The van der Waals surface area contributed by atoms with Crippen molar-refractivity contribution in [3.8, 4) is 0 Å². The Balaban J connectivity index is 1.99. The Bertz CT molecular complexity index is 518. The molecule has 86 valence electrons. The summed E-state index contributed by atoms with van der Waals surface area (Å²) in [5, 5.41) is 0. The smallest absolute Gasteiger partial charge is 0.266 e. The van der Waals surface area contributed by atoms with E-state index in [1.165, 1.54) is 11.1 Å². The molecule has 0 spiro atoms. The molecule has 0 fully saturated rings. The molecule has 1 atom stereocenters. The van der Waals surface area contributed by atoms with Crippen LogP contribution in [0.2, 0.25) is 0 Å². The third-order valence-corrected chi connectivity index (χ3v) is 3.29. The van der Waals surface area contributed by atoms with Crippen LogP contribution in [-0.4, -0.2) is 15.4 Å². The monoisotopic (exact) mass is 256 g/mol. The number of benzene rings is 1. The number of hydrogen-bond donors (Lipinski definition) is 1. The van der Waals surface area contributed by atoms with E-state index < -0.39 is 9.05 Å². The molecule has 2 rings (SSSR count). The first-order valence-electron chi connectivity index (χ1n) is 4.95.